The number of carbonyl (C=O) groups excluding carboxylic acids is 1. The van der Waals surface area contributed by atoms with E-state index in [1.54, 1.807) is 12.1 Å². The summed E-state index contributed by atoms with van der Waals surface area (Å²) in [6.07, 6.45) is 1.81. The maximum atomic E-state index is 12.0. The molecule has 6 rings (SSSR count). The number of carbonyl (C=O) groups is 1. The van der Waals surface area contributed by atoms with Crippen molar-refractivity contribution in [1.82, 2.24) is 14.9 Å². The van der Waals surface area contributed by atoms with Crippen LogP contribution in [-0.2, 0) is 4.74 Å². The molecule has 0 bridgehead atoms. The van der Waals surface area contributed by atoms with Crippen LogP contribution in [0.4, 0.5) is 5.69 Å². The van der Waals surface area contributed by atoms with Gasteiger partial charge in [-0.1, -0.05) is 24.3 Å². The number of methoxy groups -OCH3 is 1. The SMILES string of the molecule is COC(=O)c1ccc(-n2c(C)cc([C@H]3[C@@H](c4ccccn4)NC(=S)N3c3ccc(Oc4ccccc4C)cc3)c2C)cc1. The average Bonchev–Trinajstić information content (AvgIpc) is 3.53. The molecule has 2 aromatic heterocycles. The largest absolute Gasteiger partial charge is 0.465 e. The summed E-state index contributed by atoms with van der Waals surface area (Å²) in [6.45, 7) is 6.23. The third kappa shape index (κ3) is 5.37. The third-order valence-electron chi connectivity index (χ3n) is 7.87. The van der Waals surface area contributed by atoms with Gasteiger partial charge in [-0.3, -0.25) is 4.98 Å². The van der Waals surface area contributed by atoms with Crippen LogP contribution in [0, 0.1) is 20.8 Å². The summed E-state index contributed by atoms with van der Waals surface area (Å²) in [5, 5.41) is 4.18. The number of nitrogens with zero attached hydrogens (tertiary/aromatic N) is 3. The zero-order valence-corrected chi connectivity index (χ0v) is 25.3. The molecule has 7 nitrogen and oxygen atoms in total. The van der Waals surface area contributed by atoms with Crippen LogP contribution in [0.5, 0.6) is 11.5 Å². The summed E-state index contributed by atoms with van der Waals surface area (Å²) in [7, 11) is 1.39. The molecule has 0 spiro atoms. The molecule has 0 amide bonds. The molecule has 0 aliphatic carbocycles. The second-order valence-corrected chi connectivity index (χ2v) is 10.9. The van der Waals surface area contributed by atoms with Gasteiger partial charge < -0.3 is 24.3 Å². The molecule has 2 atom stereocenters. The zero-order chi connectivity index (χ0) is 30.1. The highest BCUT2D eigenvalue weighted by atomic mass is 32.1. The van der Waals surface area contributed by atoms with Crippen molar-refractivity contribution in [1.29, 1.82) is 0 Å². The van der Waals surface area contributed by atoms with Crippen molar-refractivity contribution in [3.63, 3.8) is 0 Å². The van der Waals surface area contributed by atoms with E-state index in [0.717, 1.165) is 51.1 Å². The fourth-order valence-electron chi connectivity index (χ4n) is 5.77. The number of hydrogen-bond donors (Lipinski definition) is 1. The molecule has 216 valence electrons. The molecule has 1 fully saturated rings. The van der Waals surface area contributed by atoms with Gasteiger partial charge in [0.2, 0.25) is 0 Å². The van der Waals surface area contributed by atoms with Crippen LogP contribution in [0.1, 0.15) is 50.7 Å². The van der Waals surface area contributed by atoms with E-state index in [1.807, 2.05) is 92.0 Å². The molecule has 1 N–H and O–H groups in total. The van der Waals surface area contributed by atoms with Crippen molar-refractivity contribution in [2.45, 2.75) is 32.9 Å². The number of thiocarbonyl (C=S) groups is 1. The lowest BCUT2D eigenvalue weighted by Crippen LogP contribution is -2.29. The van der Waals surface area contributed by atoms with Crippen molar-refractivity contribution < 1.29 is 14.3 Å². The number of rotatable bonds is 7. The van der Waals surface area contributed by atoms with Gasteiger partial charge in [0.05, 0.1) is 30.5 Å². The highest BCUT2D eigenvalue weighted by Crippen LogP contribution is 2.44. The topological polar surface area (TPSA) is 68.6 Å². The molecule has 3 aromatic carbocycles. The van der Waals surface area contributed by atoms with Gasteiger partial charge in [0.15, 0.2) is 5.11 Å². The van der Waals surface area contributed by atoms with Crippen molar-refractivity contribution >= 4 is 29.0 Å². The van der Waals surface area contributed by atoms with Crippen LogP contribution in [0.3, 0.4) is 0 Å². The number of ether oxygens (including phenoxy) is 2. The first kappa shape index (κ1) is 28.2. The Morgan fingerprint density at radius 3 is 2.26 bits per heavy atom. The van der Waals surface area contributed by atoms with Gasteiger partial charge in [-0.15, -0.1) is 0 Å². The number of anilines is 1. The lowest BCUT2D eigenvalue weighted by molar-refractivity contribution is 0.0600. The predicted molar refractivity (Wildman–Crippen MR) is 172 cm³/mol. The molecule has 8 heteroatoms. The summed E-state index contributed by atoms with van der Waals surface area (Å²) in [5.74, 6) is 1.22. The summed E-state index contributed by atoms with van der Waals surface area (Å²) in [6, 6.07) is 31.3. The Labute approximate surface area is 256 Å². The molecule has 1 aliphatic rings. The van der Waals surface area contributed by atoms with Crippen LogP contribution < -0.4 is 15.0 Å². The number of hydrogen-bond acceptors (Lipinski definition) is 5. The van der Waals surface area contributed by atoms with E-state index < -0.39 is 0 Å². The minimum absolute atomic E-state index is 0.167. The van der Waals surface area contributed by atoms with Crippen LogP contribution in [0.15, 0.2) is 103 Å². The number of aromatic nitrogens is 2. The number of pyridine rings is 1. The minimum atomic E-state index is -0.358. The van der Waals surface area contributed by atoms with Gasteiger partial charge >= 0.3 is 5.97 Å². The monoisotopic (exact) mass is 588 g/mol. The van der Waals surface area contributed by atoms with Gasteiger partial charge in [0, 0.05) is 29.0 Å². The van der Waals surface area contributed by atoms with Crippen LogP contribution in [0.25, 0.3) is 5.69 Å². The molecule has 0 saturated carbocycles. The molecular weight excluding hydrogens is 556 g/mol. The predicted octanol–water partition coefficient (Wildman–Crippen LogP) is 7.55. The Bertz CT molecular complexity index is 1780. The normalized spacial score (nSPS) is 16.2. The zero-order valence-electron chi connectivity index (χ0n) is 24.4. The molecule has 1 aliphatic heterocycles. The van der Waals surface area contributed by atoms with Gasteiger partial charge in [-0.2, -0.15) is 0 Å². The van der Waals surface area contributed by atoms with Gasteiger partial charge in [-0.05, 0) is 117 Å². The second kappa shape index (κ2) is 11.7. The molecule has 3 heterocycles. The fourth-order valence-corrected chi connectivity index (χ4v) is 6.12. The Hall–Kier alpha value is -4.95. The lowest BCUT2D eigenvalue weighted by atomic mass is 9.96. The summed E-state index contributed by atoms with van der Waals surface area (Å²) in [5.41, 5.74) is 7.66. The lowest BCUT2D eigenvalue weighted by Gasteiger charge is -2.28. The first-order valence-corrected chi connectivity index (χ1v) is 14.5. The second-order valence-electron chi connectivity index (χ2n) is 10.6. The van der Waals surface area contributed by atoms with Crippen molar-refractivity contribution in [2.24, 2.45) is 0 Å². The van der Waals surface area contributed by atoms with Crippen molar-refractivity contribution in [3.8, 4) is 17.2 Å². The van der Waals surface area contributed by atoms with Gasteiger partial charge in [-0.25, -0.2) is 4.79 Å². The fraction of sp³-hybridized carbons (Fsp3) is 0.171. The van der Waals surface area contributed by atoms with Gasteiger partial charge in [0.1, 0.15) is 11.5 Å². The van der Waals surface area contributed by atoms with E-state index >= 15 is 0 Å². The Morgan fingerprint density at radius 2 is 1.58 bits per heavy atom. The Balaban J connectivity index is 1.39. The maximum absolute atomic E-state index is 12.0. The average molecular weight is 589 g/mol. The minimum Gasteiger partial charge on any atom is -0.465 e. The summed E-state index contributed by atoms with van der Waals surface area (Å²) >= 11 is 5.96. The maximum Gasteiger partial charge on any atom is 0.337 e. The number of para-hydroxylation sites is 1. The first-order valence-electron chi connectivity index (χ1n) is 14.1. The molecule has 0 radical (unpaired) electrons. The van der Waals surface area contributed by atoms with Gasteiger partial charge in [0.25, 0.3) is 0 Å². The molecular formula is C35H32N4O3S. The number of aryl methyl sites for hydroxylation is 2. The van der Waals surface area contributed by atoms with E-state index in [2.05, 4.69) is 34.7 Å². The summed E-state index contributed by atoms with van der Waals surface area (Å²) in [4.78, 5) is 18.9. The molecule has 0 unspecified atom stereocenters. The van der Waals surface area contributed by atoms with Crippen LogP contribution >= 0.6 is 12.2 Å². The number of nitrogens with one attached hydrogen (secondary N) is 1. The van der Waals surface area contributed by atoms with E-state index in [4.69, 9.17) is 26.7 Å². The number of benzene rings is 3. The first-order chi connectivity index (χ1) is 20.9. The van der Waals surface area contributed by atoms with E-state index in [-0.39, 0.29) is 18.1 Å². The highest BCUT2D eigenvalue weighted by molar-refractivity contribution is 7.80. The molecule has 43 heavy (non-hydrogen) atoms. The molecule has 1 saturated heterocycles. The van der Waals surface area contributed by atoms with E-state index in [9.17, 15) is 4.79 Å². The summed E-state index contributed by atoms with van der Waals surface area (Å²) < 4.78 is 13.2. The quantitative estimate of drug-likeness (QED) is 0.155. The van der Waals surface area contributed by atoms with Crippen molar-refractivity contribution in [2.75, 3.05) is 12.0 Å². The highest BCUT2D eigenvalue weighted by Gasteiger charge is 2.42. The van der Waals surface area contributed by atoms with E-state index in [0.29, 0.717) is 10.7 Å². The van der Waals surface area contributed by atoms with Crippen LogP contribution in [-0.4, -0.2) is 27.7 Å². The number of esters is 1. The van der Waals surface area contributed by atoms with Crippen LogP contribution in [0.2, 0.25) is 0 Å². The molecule has 5 aromatic rings. The Kier molecular flexibility index (Phi) is 7.69. The smallest absolute Gasteiger partial charge is 0.337 e. The third-order valence-corrected chi connectivity index (χ3v) is 8.18. The van der Waals surface area contributed by atoms with E-state index in [1.165, 1.54) is 7.11 Å². The van der Waals surface area contributed by atoms with Crippen molar-refractivity contribution in [3.05, 3.63) is 137 Å². The Morgan fingerprint density at radius 1 is 0.884 bits per heavy atom. The standard InChI is InChI=1S/C35H32N4O3S/c1-22-9-5-6-11-31(22)42-28-18-16-27(17-19-28)39-33(32(37-35(39)43)30-10-7-8-20-36-30)29-21-23(2)38(24(29)3)26-14-12-25(13-15-26)34(40)41-4/h5-21,32-33H,1-4H3,(H,37,43)/t32-,33+/m1/s1.